The number of rotatable bonds is 4. The molecule has 0 saturated carbocycles. The predicted octanol–water partition coefficient (Wildman–Crippen LogP) is 3.01. The number of benzene rings is 1. The van der Waals surface area contributed by atoms with Crippen molar-refractivity contribution in [3.05, 3.63) is 47.4 Å². The molecule has 0 spiro atoms. The SMILES string of the molecule is [B]CC(=O)c1c(C)cc(Sc2cnccn2)cc1C. The van der Waals surface area contributed by atoms with Crippen LogP contribution in [0.15, 0.2) is 40.6 Å². The lowest BCUT2D eigenvalue weighted by Crippen LogP contribution is -2.04. The van der Waals surface area contributed by atoms with Gasteiger partial charge in [-0.2, -0.15) is 0 Å². The van der Waals surface area contributed by atoms with E-state index in [9.17, 15) is 4.79 Å². The van der Waals surface area contributed by atoms with Crippen molar-refractivity contribution in [2.45, 2.75) is 30.1 Å². The van der Waals surface area contributed by atoms with Gasteiger partial charge in [0.25, 0.3) is 0 Å². The summed E-state index contributed by atoms with van der Waals surface area (Å²) in [6, 6.07) is 3.96. The molecule has 2 radical (unpaired) electrons. The molecule has 19 heavy (non-hydrogen) atoms. The largest absolute Gasteiger partial charge is 0.295 e. The van der Waals surface area contributed by atoms with Gasteiger partial charge in [-0.05, 0) is 43.4 Å². The van der Waals surface area contributed by atoms with E-state index in [0.29, 0.717) is 0 Å². The molecule has 1 heterocycles. The second kappa shape index (κ2) is 6.02. The Bertz CT molecular complexity index is 579. The van der Waals surface area contributed by atoms with Gasteiger partial charge in [0, 0.05) is 22.9 Å². The van der Waals surface area contributed by atoms with Gasteiger partial charge in [-0.3, -0.25) is 9.78 Å². The van der Waals surface area contributed by atoms with E-state index in [-0.39, 0.29) is 12.1 Å². The van der Waals surface area contributed by atoms with Crippen molar-refractivity contribution in [1.82, 2.24) is 9.97 Å². The van der Waals surface area contributed by atoms with E-state index in [1.165, 1.54) is 11.8 Å². The third kappa shape index (κ3) is 3.23. The van der Waals surface area contributed by atoms with Crippen LogP contribution in [0.25, 0.3) is 0 Å². The third-order valence-electron chi connectivity index (χ3n) is 2.73. The van der Waals surface area contributed by atoms with Gasteiger partial charge in [0.1, 0.15) is 5.03 Å². The molecule has 1 aromatic heterocycles. The van der Waals surface area contributed by atoms with Gasteiger partial charge >= 0.3 is 0 Å². The van der Waals surface area contributed by atoms with E-state index in [0.717, 1.165) is 26.6 Å². The molecule has 0 saturated heterocycles. The lowest BCUT2D eigenvalue weighted by atomic mass is 9.91. The molecule has 2 aromatic rings. The minimum atomic E-state index is -0.0222. The Balaban J connectivity index is 2.33. The van der Waals surface area contributed by atoms with Crippen molar-refractivity contribution in [2.24, 2.45) is 0 Å². The number of aryl methyl sites for hydroxylation is 2. The molecule has 0 amide bonds. The first kappa shape index (κ1) is 13.8. The van der Waals surface area contributed by atoms with Crippen molar-refractivity contribution >= 4 is 25.4 Å². The van der Waals surface area contributed by atoms with Gasteiger partial charge in [-0.15, -0.1) is 0 Å². The molecule has 0 atom stereocenters. The first-order valence-corrected chi connectivity index (χ1v) is 6.72. The molecule has 0 aliphatic rings. The predicted molar refractivity (Wildman–Crippen MR) is 77.0 cm³/mol. The Morgan fingerprint density at radius 1 is 1.26 bits per heavy atom. The number of aromatic nitrogens is 2. The highest BCUT2D eigenvalue weighted by atomic mass is 32.2. The first-order chi connectivity index (χ1) is 9.11. The summed E-state index contributed by atoms with van der Waals surface area (Å²) in [6.45, 7) is 3.85. The van der Waals surface area contributed by atoms with Gasteiger partial charge in [0.05, 0.1) is 14.0 Å². The van der Waals surface area contributed by atoms with Crippen LogP contribution in [0.1, 0.15) is 21.5 Å². The van der Waals surface area contributed by atoms with Crippen molar-refractivity contribution < 1.29 is 4.79 Å². The van der Waals surface area contributed by atoms with Crippen molar-refractivity contribution in [3.63, 3.8) is 0 Å². The fourth-order valence-electron chi connectivity index (χ4n) is 1.98. The smallest absolute Gasteiger partial charge is 0.154 e. The topological polar surface area (TPSA) is 42.9 Å². The van der Waals surface area contributed by atoms with Gasteiger partial charge in [0.2, 0.25) is 0 Å². The summed E-state index contributed by atoms with van der Waals surface area (Å²) in [5.41, 5.74) is 2.62. The first-order valence-electron chi connectivity index (χ1n) is 5.90. The van der Waals surface area contributed by atoms with Crippen LogP contribution in [-0.4, -0.2) is 23.6 Å². The zero-order chi connectivity index (χ0) is 13.8. The van der Waals surface area contributed by atoms with Crippen LogP contribution in [-0.2, 0) is 0 Å². The molecule has 94 valence electrons. The molecule has 0 bridgehead atoms. The lowest BCUT2D eigenvalue weighted by molar-refractivity contribution is 0.101. The van der Waals surface area contributed by atoms with Crippen molar-refractivity contribution in [1.29, 1.82) is 0 Å². The molecular weight excluding hydrogens is 255 g/mol. The number of hydrogen-bond acceptors (Lipinski definition) is 4. The monoisotopic (exact) mass is 268 g/mol. The summed E-state index contributed by atoms with van der Waals surface area (Å²) in [7, 11) is 5.43. The van der Waals surface area contributed by atoms with Crippen LogP contribution in [0, 0.1) is 13.8 Å². The average molecular weight is 268 g/mol. The zero-order valence-corrected chi connectivity index (χ0v) is 11.7. The van der Waals surface area contributed by atoms with Crippen molar-refractivity contribution in [2.75, 3.05) is 0 Å². The summed E-state index contributed by atoms with van der Waals surface area (Å²) in [5, 5.41) is 0.833. The molecule has 1 aromatic carbocycles. The molecule has 2 rings (SSSR count). The minimum Gasteiger partial charge on any atom is -0.295 e. The van der Waals surface area contributed by atoms with E-state index in [1.54, 1.807) is 18.6 Å². The summed E-state index contributed by atoms with van der Waals surface area (Å²) >= 11 is 1.53. The van der Waals surface area contributed by atoms with Gasteiger partial charge < -0.3 is 0 Å². The second-order valence-electron chi connectivity index (χ2n) is 4.21. The quantitative estimate of drug-likeness (QED) is 0.631. The molecule has 0 unspecified atom stereocenters. The Kier molecular flexibility index (Phi) is 4.37. The Hall–Kier alpha value is -1.62. The third-order valence-corrected chi connectivity index (χ3v) is 3.62. The average Bonchev–Trinajstić information content (AvgIpc) is 2.38. The van der Waals surface area contributed by atoms with Crippen LogP contribution in [0.4, 0.5) is 0 Å². The number of ketones is 1. The van der Waals surface area contributed by atoms with Crippen molar-refractivity contribution in [3.8, 4) is 0 Å². The number of carbonyl (C=O) groups is 1. The van der Waals surface area contributed by atoms with Crippen LogP contribution in [0.3, 0.4) is 0 Å². The van der Waals surface area contributed by atoms with Gasteiger partial charge in [-0.25, -0.2) is 4.98 Å². The Morgan fingerprint density at radius 2 is 1.95 bits per heavy atom. The molecule has 0 aliphatic heterocycles. The van der Waals surface area contributed by atoms with Gasteiger partial charge in [-0.1, -0.05) is 11.8 Å². The fourth-order valence-corrected chi connectivity index (χ4v) is 2.92. The molecule has 0 fully saturated rings. The van der Waals surface area contributed by atoms with E-state index in [1.807, 2.05) is 26.0 Å². The van der Waals surface area contributed by atoms with Crippen LogP contribution >= 0.6 is 11.8 Å². The standard InChI is InChI=1S/C14H13BN2OS/c1-9-5-11(19-13-8-16-3-4-17-13)6-10(2)14(9)12(18)7-15/h3-6,8H,7H2,1-2H3. The Morgan fingerprint density at radius 3 is 2.47 bits per heavy atom. The zero-order valence-electron chi connectivity index (χ0n) is 10.9. The van der Waals surface area contributed by atoms with E-state index >= 15 is 0 Å². The molecule has 0 N–H and O–H groups in total. The fraction of sp³-hybridized carbons (Fsp3) is 0.214. The Labute approximate surface area is 118 Å². The van der Waals surface area contributed by atoms with E-state index in [2.05, 4.69) is 9.97 Å². The van der Waals surface area contributed by atoms with Crippen LogP contribution < -0.4 is 0 Å². The molecular formula is C14H13BN2OS. The summed E-state index contributed by atoms with van der Waals surface area (Å²) in [6.07, 6.45) is 5.06. The minimum absolute atomic E-state index is 0.0222. The highest BCUT2D eigenvalue weighted by Gasteiger charge is 2.12. The molecule has 5 heteroatoms. The van der Waals surface area contributed by atoms with Crippen LogP contribution in [0.2, 0.25) is 6.32 Å². The summed E-state index contributed by atoms with van der Waals surface area (Å²) < 4.78 is 0. The maximum absolute atomic E-state index is 11.8. The number of Topliss-reactive ketones (excluding diaryl/α,β-unsaturated/α-hetero) is 1. The highest BCUT2D eigenvalue weighted by Crippen LogP contribution is 2.29. The van der Waals surface area contributed by atoms with E-state index in [4.69, 9.17) is 7.85 Å². The number of hydrogen-bond donors (Lipinski definition) is 0. The molecule has 3 nitrogen and oxygen atoms in total. The number of carbonyl (C=O) groups excluding carboxylic acids is 1. The maximum atomic E-state index is 11.8. The number of nitrogens with zero attached hydrogens (tertiary/aromatic N) is 2. The maximum Gasteiger partial charge on any atom is 0.154 e. The lowest BCUT2D eigenvalue weighted by Gasteiger charge is -2.10. The summed E-state index contributed by atoms with van der Waals surface area (Å²) in [5.74, 6) is -0.0222. The normalized spacial score (nSPS) is 10.4. The summed E-state index contributed by atoms with van der Waals surface area (Å²) in [4.78, 5) is 21.1. The second-order valence-corrected chi connectivity index (χ2v) is 5.30. The van der Waals surface area contributed by atoms with Gasteiger partial charge in [0.15, 0.2) is 5.78 Å². The van der Waals surface area contributed by atoms with Crippen LogP contribution in [0.5, 0.6) is 0 Å². The van der Waals surface area contributed by atoms with E-state index < -0.39 is 0 Å². The molecule has 0 aliphatic carbocycles. The highest BCUT2D eigenvalue weighted by molar-refractivity contribution is 7.99.